The minimum absolute atomic E-state index is 0.00620. The van der Waals surface area contributed by atoms with Crippen LogP contribution in [-0.4, -0.2) is 24.7 Å². The summed E-state index contributed by atoms with van der Waals surface area (Å²) in [4.78, 5) is 34.8. The number of methoxy groups -OCH3 is 1. The molecule has 0 spiro atoms. The van der Waals surface area contributed by atoms with Gasteiger partial charge < -0.3 is 4.74 Å². The number of hydrogen-bond donors (Lipinski definition) is 2. The van der Waals surface area contributed by atoms with Crippen molar-refractivity contribution in [3.63, 3.8) is 0 Å². The maximum Gasteiger partial charge on any atom is 0.242 e. The normalized spacial score (nSPS) is 10.2. The number of nitrogens with one attached hydrogen (secondary N) is 2. The Bertz CT molecular complexity index is 567. The molecular formula is C16H22N2O4. The third-order valence-corrected chi connectivity index (χ3v) is 2.97. The number of amides is 2. The molecular weight excluding hydrogens is 284 g/mol. The molecule has 0 aromatic heterocycles. The molecule has 2 N–H and O–H groups in total. The van der Waals surface area contributed by atoms with E-state index < -0.39 is 0 Å². The average molecular weight is 306 g/mol. The van der Waals surface area contributed by atoms with E-state index in [1.807, 2.05) is 13.8 Å². The fourth-order valence-electron chi connectivity index (χ4n) is 1.91. The van der Waals surface area contributed by atoms with Crippen molar-refractivity contribution < 1.29 is 19.1 Å². The molecule has 0 saturated heterocycles. The minimum Gasteiger partial charge on any atom is -0.496 e. The van der Waals surface area contributed by atoms with E-state index in [0.29, 0.717) is 23.3 Å². The summed E-state index contributed by atoms with van der Waals surface area (Å²) in [6, 6.07) is 4.92. The lowest BCUT2D eigenvalue weighted by molar-refractivity contribution is -0.129. The third-order valence-electron chi connectivity index (χ3n) is 2.97. The Kier molecular flexibility index (Phi) is 6.56. The Labute approximate surface area is 130 Å². The number of Topliss-reactive ketones (excluding diaryl/α,β-unsaturated/α-hetero) is 1. The van der Waals surface area contributed by atoms with Gasteiger partial charge in [0, 0.05) is 17.5 Å². The molecule has 1 rings (SSSR count). The minimum atomic E-state index is -0.379. The van der Waals surface area contributed by atoms with Crippen LogP contribution in [0.3, 0.4) is 0 Å². The quantitative estimate of drug-likeness (QED) is 0.618. The van der Waals surface area contributed by atoms with Gasteiger partial charge in [0.05, 0.1) is 13.5 Å². The van der Waals surface area contributed by atoms with Gasteiger partial charge in [0.25, 0.3) is 0 Å². The van der Waals surface area contributed by atoms with E-state index in [1.54, 1.807) is 18.2 Å². The highest BCUT2D eigenvalue weighted by Gasteiger charge is 2.12. The van der Waals surface area contributed by atoms with E-state index in [9.17, 15) is 14.4 Å². The van der Waals surface area contributed by atoms with Crippen LogP contribution in [-0.2, 0) is 16.0 Å². The van der Waals surface area contributed by atoms with Gasteiger partial charge in [0.1, 0.15) is 5.75 Å². The lowest BCUT2D eigenvalue weighted by Gasteiger charge is -2.11. The fraction of sp³-hybridized carbons (Fsp3) is 0.438. The van der Waals surface area contributed by atoms with E-state index >= 15 is 0 Å². The standard InChI is InChI=1S/C16H22N2O4/c1-10(2)7-15(20)17-18-16(21)9-13-8-12(11(3)19)5-6-14(13)22-4/h5-6,8,10H,7,9H2,1-4H3,(H,17,20)(H,18,21). The van der Waals surface area contributed by atoms with Crippen molar-refractivity contribution in [3.8, 4) is 5.75 Å². The van der Waals surface area contributed by atoms with Gasteiger partial charge in [-0.3, -0.25) is 25.2 Å². The topological polar surface area (TPSA) is 84.5 Å². The van der Waals surface area contributed by atoms with E-state index in [4.69, 9.17) is 4.74 Å². The number of ketones is 1. The monoisotopic (exact) mass is 306 g/mol. The molecule has 0 aliphatic carbocycles. The molecule has 0 aliphatic heterocycles. The number of rotatable bonds is 6. The van der Waals surface area contributed by atoms with Crippen molar-refractivity contribution in [1.29, 1.82) is 0 Å². The summed E-state index contributed by atoms with van der Waals surface area (Å²) in [6.07, 6.45) is 0.343. The second-order valence-electron chi connectivity index (χ2n) is 5.45. The van der Waals surface area contributed by atoms with Crippen LogP contribution in [0.4, 0.5) is 0 Å². The molecule has 0 radical (unpaired) electrons. The fourth-order valence-corrected chi connectivity index (χ4v) is 1.91. The van der Waals surface area contributed by atoms with Crippen molar-refractivity contribution in [3.05, 3.63) is 29.3 Å². The molecule has 120 valence electrons. The molecule has 6 heteroatoms. The number of carbonyl (C=O) groups is 3. The van der Waals surface area contributed by atoms with Gasteiger partial charge in [-0.15, -0.1) is 0 Å². The van der Waals surface area contributed by atoms with E-state index in [-0.39, 0.29) is 29.9 Å². The van der Waals surface area contributed by atoms with Crippen molar-refractivity contribution in [2.24, 2.45) is 5.92 Å². The number of hydrazine groups is 1. The van der Waals surface area contributed by atoms with Gasteiger partial charge in [-0.25, -0.2) is 0 Å². The van der Waals surface area contributed by atoms with Gasteiger partial charge in [0.15, 0.2) is 5.78 Å². The van der Waals surface area contributed by atoms with Crippen molar-refractivity contribution in [2.45, 2.75) is 33.6 Å². The van der Waals surface area contributed by atoms with Gasteiger partial charge in [-0.2, -0.15) is 0 Å². The zero-order chi connectivity index (χ0) is 16.7. The number of hydrogen-bond acceptors (Lipinski definition) is 4. The van der Waals surface area contributed by atoms with Crippen LogP contribution in [0.5, 0.6) is 5.75 Å². The molecule has 0 unspecified atom stereocenters. The van der Waals surface area contributed by atoms with Crippen LogP contribution >= 0.6 is 0 Å². The van der Waals surface area contributed by atoms with Crippen LogP contribution in [0.1, 0.15) is 43.1 Å². The first kappa shape index (κ1) is 17.7. The summed E-state index contributed by atoms with van der Waals surface area (Å²) >= 11 is 0. The predicted octanol–water partition coefficient (Wildman–Crippen LogP) is 1.63. The van der Waals surface area contributed by atoms with Crippen LogP contribution in [0.15, 0.2) is 18.2 Å². The maximum atomic E-state index is 11.9. The Balaban J connectivity index is 2.69. The highest BCUT2D eigenvalue weighted by atomic mass is 16.5. The number of benzene rings is 1. The number of carbonyl (C=O) groups excluding carboxylic acids is 3. The lowest BCUT2D eigenvalue weighted by atomic mass is 10.0. The Morgan fingerprint density at radius 1 is 1.14 bits per heavy atom. The van der Waals surface area contributed by atoms with Crippen molar-refractivity contribution >= 4 is 17.6 Å². The van der Waals surface area contributed by atoms with Crippen molar-refractivity contribution in [1.82, 2.24) is 10.9 Å². The highest BCUT2D eigenvalue weighted by molar-refractivity contribution is 5.94. The molecule has 0 bridgehead atoms. The smallest absolute Gasteiger partial charge is 0.242 e. The average Bonchev–Trinajstić information content (AvgIpc) is 2.44. The third kappa shape index (κ3) is 5.55. The first-order valence-electron chi connectivity index (χ1n) is 7.09. The Hall–Kier alpha value is -2.37. The Morgan fingerprint density at radius 2 is 1.77 bits per heavy atom. The molecule has 1 aromatic carbocycles. The van der Waals surface area contributed by atoms with E-state index in [2.05, 4.69) is 10.9 Å². The first-order valence-corrected chi connectivity index (χ1v) is 7.09. The Morgan fingerprint density at radius 3 is 2.32 bits per heavy atom. The predicted molar refractivity (Wildman–Crippen MR) is 82.4 cm³/mol. The first-order chi connectivity index (χ1) is 10.3. The van der Waals surface area contributed by atoms with Crippen LogP contribution in [0.2, 0.25) is 0 Å². The largest absolute Gasteiger partial charge is 0.496 e. The zero-order valence-corrected chi connectivity index (χ0v) is 13.4. The zero-order valence-electron chi connectivity index (χ0n) is 13.4. The maximum absolute atomic E-state index is 11.9. The van der Waals surface area contributed by atoms with Gasteiger partial charge >= 0.3 is 0 Å². The molecule has 0 saturated carbocycles. The summed E-state index contributed by atoms with van der Waals surface area (Å²) in [5.41, 5.74) is 5.82. The molecule has 0 fully saturated rings. The second-order valence-corrected chi connectivity index (χ2v) is 5.45. The number of ether oxygens (including phenoxy) is 1. The van der Waals surface area contributed by atoms with E-state index in [1.165, 1.54) is 14.0 Å². The van der Waals surface area contributed by atoms with Gasteiger partial charge in [-0.1, -0.05) is 13.8 Å². The molecule has 0 aliphatic rings. The van der Waals surface area contributed by atoms with Crippen LogP contribution in [0.25, 0.3) is 0 Å². The molecule has 6 nitrogen and oxygen atoms in total. The lowest BCUT2D eigenvalue weighted by Crippen LogP contribution is -2.42. The summed E-state index contributed by atoms with van der Waals surface area (Å²) in [5, 5.41) is 0. The van der Waals surface area contributed by atoms with E-state index in [0.717, 1.165) is 0 Å². The molecule has 22 heavy (non-hydrogen) atoms. The molecule has 1 aromatic rings. The summed E-state index contributed by atoms with van der Waals surface area (Å²) < 4.78 is 5.18. The van der Waals surface area contributed by atoms with Crippen molar-refractivity contribution in [2.75, 3.05) is 7.11 Å². The van der Waals surface area contributed by atoms with Gasteiger partial charge in [0.2, 0.25) is 11.8 Å². The molecule has 2 amide bonds. The SMILES string of the molecule is COc1ccc(C(C)=O)cc1CC(=O)NNC(=O)CC(C)C. The van der Waals surface area contributed by atoms with Crippen LogP contribution in [0, 0.1) is 5.92 Å². The molecule has 0 atom stereocenters. The van der Waals surface area contributed by atoms with Gasteiger partial charge in [-0.05, 0) is 31.0 Å². The summed E-state index contributed by atoms with van der Waals surface area (Å²) in [6.45, 7) is 5.29. The van der Waals surface area contributed by atoms with Crippen LogP contribution < -0.4 is 15.6 Å². The molecule has 0 heterocycles. The second kappa shape index (κ2) is 8.17. The summed E-state index contributed by atoms with van der Waals surface area (Å²) in [7, 11) is 1.49. The highest BCUT2D eigenvalue weighted by Crippen LogP contribution is 2.20. The summed E-state index contributed by atoms with van der Waals surface area (Å²) in [5.74, 6) is 0.0244.